The van der Waals surface area contributed by atoms with Crippen molar-refractivity contribution in [3.8, 4) is 11.4 Å². The summed E-state index contributed by atoms with van der Waals surface area (Å²) in [5.74, 6) is -1.69. The van der Waals surface area contributed by atoms with E-state index in [0.29, 0.717) is 18.3 Å². The second kappa shape index (κ2) is 6.66. The summed E-state index contributed by atoms with van der Waals surface area (Å²) in [4.78, 5) is 6.23. The van der Waals surface area contributed by atoms with Gasteiger partial charge in [-0.15, -0.1) is 0 Å². The van der Waals surface area contributed by atoms with Crippen LogP contribution in [0.3, 0.4) is 0 Å². The van der Waals surface area contributed by atoms with Crippen molar-refractivity contribution in [2.45, 2.75) is 36.3 Å². The molecule has 0 fully saturated rings. The lowest BCUT2D eigenvalue weighted by Crippen LogP contribution is -2.17. The minimum absolute atomic E-state index is 0.295. The van der Waals surface area contributed by atoms with E-state index in [0.717, 1.165) is 6.07 Å². The summed E-state index contributed by atoms with van der Waals surface area (Å²) < 4.78 is 102. The van der Waals surface area contributed by atoms with E-state index < -0.39 is 60.7 Å². The first-order valence-corrected chi connectivity index (χ1v) is 8.85. The third-order valence-corrected chi connectivity index (χ3v) is 5.81. The van der Waals surface area contributed by atoms with Gasteiger partial charge in [0.1, 0.15) is 11.4 Å². The molecule has 0 aliphatic carbocycles. The maximum absolute atomic E-state index is 13.0. The standard InChI is InChI=1S/C15H13F6N3O2S/c1-7(2)27(25,26)11-4-3-8(14(16,17)18)5-9(11)13-23-6-10(12(22)24-13)15(19,20)21/h3-7H,1-2H3,(H2,22,23,24). The molecule has 0 aliphatic rings. The summed E-state index contributed by atoms with van der Waals surface area (Å²) in [5, 5.41) is -1.00. The number of nitrogen functional groups attached to an aromatic ring is 1. The Morgan fingerprint density at radius 3 is 2.07 bits per heavy atom. The molecule has 1 aromatic carbocycles. The molecule has 0 atom stereocenters. The highest BCUT2D eigenvalue weighted by Gasteiger charge is 2.36. The van der Waals surface area contributed by atoms with Gasteiger partial charge in [0.05, 0.1) is 15.7 Å². The predicted molar refractivity (Wildman–Crippen MR) is 84.2 cm³/mol. The molecule has 2 aromatic rings. The zero-order chi connectivity index (χ0) is 20.8. The van der Waals surface area contributed by atoms with Gasteiger partial charge in [0, 0.05) is 11.8 Å². The van der Waals surface area contributed by atoms with E-state index in [9.17, 15) is 34.8 Å². The third kappa shape index (κ3) is 4.15. The van der Waals surface area contributed by atoms with Crippen LogP contribution in [0.1, 0.15) is 25.0 Å². The van der Waals surface area contributed by atoms with E-state index in [2.05, 4.69) is 9.97 Å². The van der Waals surface area contributed by atoms with Gasteiger partial charge in [0.15, 0.2) is 15.7 Å². The summed E-state index contributed by atoms with van der Waals surface area (Å²) in [7, 11) is -4.08. The highest BCUT2D eigenvalue weighted by molar-refractivity contribution is 7.92. The Kier molecular flexibility index (Phi) is 5.16. The van der Waals surface area contributed by atoms with E-state index in [4.69, 9.17) is 5.73 Å². The number of benzene rings is 1. The van der Waals surface area contributed by atoms with Crippen LogP contribution >= 0.6 is 0 Å². The van der Waals surface area contributed by atoms with Crippen LogP contribution in [0, 0.1) is 0 Å². The van der Waals surface area contributed by atoms with Crippen molar-refractivity contribution in [3.05, 3.63) is 35.5 Å². The van der Waals surface area contributed by atoms with E-state index in [1.165, 1.54) is 13.8 Å². The Bertz CT molecular complexity index is 968. The number of nitrogens with zero attached hydrogens (tertiary/aromatic N) is 2. The van der Waals surface area contributed by atoms with Crippen molar-refractivity contribution in [1.82, 2.24) is 9.97 Å². The van der Waals surface area contributed by atoms with Crippen LogP contribution in [0.25, 0.3) is 11.4 Å². The molecule has 0 saturated heterocycles. The predicted octanol–water partition coefficient (Wildman–Crippen LogP) is 3.95. The Morgan fingerprint density at radius 2 is 1.63 bits per heavy atom. The quantitative estimate of drug-likeness (QED) is 0.771. The first-order valence-electron chi connectivity index (χ1n) is 7.31. The van der Waals surface area contributed by atoms with Crippen LogP contribution in [0.5, 0.6) is 0 Å². The highest BCUT2D eigenvalue weighted by Crippen LogP contribution is 2.37. The maximum atomic E-state index is 13.0. The SMILES string of the molecule is CC(C)S(=O)(=O)c1ccc(C(F)(F)F)cc1-c1ncc(C(F)(F)F)c(N)n1. The number of aromatic nitrogens is 2. The van der Waals surface area contributed by atoms with Gasteiger partial charge in [0.2, 0.25) is 0 Å². The number of alkyl halides is 6. The smallest absolute Gasteiger partial charge is 0.383 e. The number of rotatable bonds is 3. The molecule has 0 saturated carbocycles. The number of halogens is 6. The lowest BCUT2D eigenvalue weighted by Gasteiger charge is -2.16. The molecule has 0 spiro atoms. The van der Waals surface area contributed by atoms with Crippen molar-refractivity contribution in [3.63, 3.8) is 0 Å². The van der Waals surface area contributed by atoms with Gasteiger partial charge in [-0.1, -0.05) is 0 Å². The second-order valence-corrected chi connectivity index (χ2v) is 8.27. The van der Waals surface area contributed by atoms with E-state index in [1.54, 1.807) is 0 Å². The molecule has 0 amide bonds. The van der Waals surface area contributed by atoms with E-state index >= 15 is 0 Å². The number of anilines is 1. The van der Waals surface area contributed by atoms with Crippen LogP contribution in [0.15, 0.2) is 29.3 Å². The molecular formula is C15H13F6N3O2S. The molecule has 0 aliphatic heterocycles. The first kappa shape index (κ1) is 20.9. The number of hydrogen-bond acceptors (Lipinski definition) is 5. The van der Waals surface area contributed by atoms with Crippen LogP contribution in [0.2, 0.25) is 0 Å². The maximum Gasteiger partial charge on any atom is 0.421 e. The zero-order valence-electron chi connectivity index (χ0n) is 13.9. The Balaban J connectivity index is 2.79. The molecular weight excluding hydrogens is 400 g/mol. The van der Waals surface area contributed by atoms with Crippen molar-refractivity contribution in [1.29, 1.82) is 0 Å². The van der Waals surface area contributed by atoms with Gasteiger partial charge in [0.25, 0.3) is 0 Å². The number of nitrogens with two attached hydrogens (primary N) is 1. The van der Waals surface area contributed by atoms with Gasteiger partial charge < -0.3 is 5.73 Å². The van der Waals surface area contributed by atoms with E-state index in [-0.39, 0.29) is 0 Å². The molecule has 2 N–H and O–H groups in total. The summed E-state index contributed by atoms with van der Waals surface area (Å²) in [6.07, 6.45) is -9.39. The summed E-state index contributed by atoms with van der Waals surface area (Å²) >= 11 is 0. The molecule has 0 radical (unpaired) electrons. The molecule has 0 unspecified atom stereocenters. The van der Waals surface area contributed by atoms with Gasteiger partial charge in [-0.2, -0.15) is 26.3 Å². The molecule has 1 heterocycles. The van der Waals surface area contributed by atoms with E-state index in [1.807, 2.05) is 0 Å². The van der Waals surface area contributed by atoms with Gasteiger partial charge in [-0.05, 0) is 32.0 Å². The Labute approximate surface area is 150 Å². The zero-order valence-corrected chi connectivity index (χ0v) is 14.7. The molecule has 0 bridgehead atoms. The summed E-state index contributed by atoms with van der Waals surface area (Å²) in [6.45, 7) is 2.61. The topological polar surface area (TPSA) is 85.9 Å². The second-order valence-electron chi connectivity index (χ2n) is 5.79. The number of hydrogen-bond donors (Lipinski definition) is 1. The van der Waals surface area contributed by atoms with Crippen LogP contribution < -0.4 is 5.73 Å². The average molecular weight is 413 g/mol. The summed E-state index contributed by atoms with van der Waals surface area (Å²) in [6, 6.07) is 1.76. The monoisotopic (exact) mass is 413 g/mol. The fourth-order valence-electron chi connectivity index (χ4n) is 2.13. The minimum atomic E-state index is -4.87. The average Bonchev–Trinajstić information content (AvgIpc) is 2.51. The van der Waals surface area contributed by atoms with Gasteiger partial charge >= 0.3 is 12.4 Å². The van der Waals surface area contributed by atoms with Crippen molar-refractivity contribution in [2.75, 3.05) is 5.73 Å². The van der Waals surface area contributed by atoms with Crippen LogP contribution in [0.4, 0.5) is 32.2 Å². The molecule has 12 heteroatoms. The largest absolute Gasteiger partial charge is 0.421 e. The normalized spacial score (nSPS) is 13.2. The molecule has 148 valence electrons. The minimum Gasteiger partial charge on any atom is -0.383 e. The van der Waals surface area contributed by atoms with Gasteiger partial charge in [-0.25, -0.2) is 18.4 Å². The van der Waals surface area contributed by atoms with Crippen molar-refractivity contribution in [2.24, 2.45) is 0 Å². The first-order chi connectivity index (χ1) is 12.2. The molecule has 1 aromatic heterocycles. The summed E-state index contributed by atoms with van der Waals surface area (Å²) in [5.41, 5.74) is 2.07. The highest BCUT2D eigenvalue weighted by atomic mass is 32.2. The van der Waals surface area contributed by atoms with Crippen molar-refractivity contribution >= 4 is 15.7 Å². The fourth-order valence-corrected chi connectivity index (χ4v) is 3.35. The molecule has 2 rings (SSSR count). The lowest BCUT2D eigenvalue weighted by atomic mass is 10.1. The molecule has 5 nitrogen and oxygen atoms in total. The van der Waals surface area contributed by atoms with Crippen LogP contribution in [-0.4, -0.2) is 23.6 Å². The third-order valence-electron chi connectivity index (χ3n) is 3.60. The van der Waals surface area contributed by atoms with Crippen molar-refractivity contribution < 1.29 is 34.8 Å². The Hall–Kier alpha value is -2.37. The molecule has 27 heavy (non-hydrogen) atoms. The lowest BCUT2D eigenvalue weighted by molar-refractivity contribution is -0.138. The Morgan fingerprint density at radius 1 is 1.04 bits per heavy atom. The van der Waals surface area contributed by atoms with Gasteiger partial charge in [-0.3, -0.25) is 0 Å². The van der Waals surface area contributed by atoms with Crippen LogP contribution in [-0.2, 0) is 22.2 Å². The fraction of sp³-hybridized carbons (Fsp3) is 0.333. The number of sulfone groups is 1.